The fourth-order valence-corrected chi connectivity index (χ4v) is 2.72. The number of hydrogen-bond acceptors (Lipinski definition) is 4. The van der Waals surface area contributed by atoms with Gasteiger partial charge >= 0.3 is 0 Å². The molecule has 0 aromatic carbocycles. The van der Waals surface area contributed by atoms with E-state index in [4.69, 9.17) is 4.74 Å². The van der Waals surface area contributed by atoms with Gasteiger partial charge in [-0.15, -0.1) is 0 Å². The standard InChI is InChI=1S/C14H29N3O2/c1-11(2)17(12(3)4)14(18)10-16-6-7-19-13(9-16)8-15-5/h11-13,15H,6-10H2,1-5H3. The molecule has 112 valence electrons. The molecular weight excluding hydrogens is 242 g/mol. The molecule has 1 unspecified atom stereocenters. The average Bonchev–Trinajstić information content (AvgIpc) is 2.28. The zero-order chi connectivity index (χ0) is 14.4. The summed E-state index contributed by atoms with van der Waals surface area (Å²) >= 11 is 0. The number of nitrogens with one attached hydrogen (secondary N) is 1. The summed E-state index contributed by atoms with van der Waals surface area (Å²) in [6, 6.07) is 0.503. The van der Waals surface area contributed by atoms with Crippen LogP contribution in [0.5, 0.6) is 0 Å². The Balaban J connectivity index is 2.50. The van der Waals surface area contributed by atoms with Crippen LogP contribution in [0, 0.1) is 0 Å². The van der Waals surface area contributed by atoms with E-state index in [0.717, 1.165) is 19.6 Å². The summed E-state index contributed by atoms with van der Waals surface area (Å²) in [5.74, 6) is 0.218. The highest BCUT2D eigenvalue weighted by Crippen LogP contribution is 2.09. The predicted octanol–water partition coefficient (Wildman–Crippen LogP) is 0.552. The van der Waals surface area contributed by atoms with Crippen molar-refractivity contribution in [3.05, 3.63) is 0 Å². The van der Waals surface area contributed by atoms with Crippen LogP contribution in [0.3, 0.4) is 0 Å². The molecule has 0 saturated carbocycles. The Morgan fingerprint density at radius 1 is 1.37 bits per heavy atom. The molecule has 1 aliphatic rings. The number of morpholine rings is 1. The first-order valence-electron chi connectivity index (χ1n) is 7.25. The number of rotatable bonds is 6. The molecule has 1 heterocycles. The summed E-state index contributed by atoms with van der Waals surface area (Å²) in [6.07, 6.45) is 0.193. The maximum atomic E-state index is 12.4. The van der Waals surface area contributed by atoms with E-state index < -0.39 is 0 Å². The third kappa shape index (κ3) is 5.09. The highest BCUT2D eigenvalue weighted by Gasteiger charge is 2.25. The van der Waals surface area contributed by atoms with Crippen molar-refractivity contribution in [2.45, 2.75) is 45.9 Å². The quantitative estimate of drug-likeness (QED) is 0.766. The first kappa shape index (κ1) is 16.4. The monoisotopic (exact) mass is 271 g/mol. The zero-order valence-corrected chi connectivity index (χ0v) is 13.0. The number of ether oxygens (including phenoxy) is 1. The molecule has 5 heteroatoms. The van der Waals surface area contributed by atoms with Crippen molar-refractivity contribution in [1.29, 1.82) is 0 Å². The number of hydrogen-bond donors (Lipinski definition) is 1. The van der Waals surface area contributed by atoms with Gasteiger partial charge in [-0.3, -0.25) is 9.69 Å². The Morgan fingerprint density at radius 2 is 2.00 bits per heavy atom. The van der Waals surface area contributed by atoms with Crippen LogP contribution >= 0.6 is 0 Å². The molecule has 1 rings (SSSR count). The van der Waals surface area contributed by atoms with Crippen LogP contribution in [-0.4, -0.2) is 73.7 Å². The second-order valence-electron chi connectivity index (χ2n) is 5.77. The lowest BCUT2D eigenvalue weighted by Gasteiger charge is -2.36. The molecule has 1 aliphatic heterocycles. The number of likely N-dealkylation sites (N-methyl/N-ethyl adjacent to an activating group) is 1. The van der Waals surface area contributed by atoms with Gasteiger partial charge in [0.15, 0.2) is 0 Å². The van der Waals surface area contributed by atoms with Crippen LogP contribution in [-0.2, 0) is 9.53 Å². The van der Waals surface area contributed by atoms with E-state index in [9.17, 15) is 4.79 Å². The fraction of sp³-hybridized carbons (Fsp3) is 0.929. The number of nitrogens with zero attached hydrogens (tertiary/aromatic N) is 2. The Hall–Kier alpha value is -0.650. The van der Waals surface area contributed by atoms with Gasteiger partial charge in [-0.25, -0.2) is 0 Å². The van der Waals surface area contributed by atoms with Crippen LogP contribution in [0.25, 0.3) is 0 Å². The normalized spacial score (nSPS) is 21.1. The molecule has 0 spiro atoms. The predicted molar refractivity (Wildman–Crippen MR) is 77.2 cm³/mol. The van der Waals surface area contributed by atoms with Crippen molar-refractivity contribution >= 4 is 5.91 Å². The van der Waals surface area contributed by atoms with Crippen molar-refractivity contribution < 1.29 is 9.53 Å². The number of carbonyl (C=O) groups is 1. The van der Waals surface area contributed by atoms with E-state index in [1.165, 1.54) is 0 Å². The SMILES string of the molecule is CNCC1CN(CC(=O)N(C(C)C)C(C)C)CCO1. The molecule has 1 amide bonds. The maximum absolute atomic E-state index is 12.4. The third-order valence-electron chi connectivity index (χ3n) is 3.41. The first-order valence-corrected chi connectivity index (χ1v) is 7.25. The van der Waals surface area contributed by atoms with Crippen molar-refractivity contribution in [1.82, 2.24) is 15.1 Å². The summed E-state index contributed by atoms with van der Waals surface area (Å²) in [5, 5.41) is 3.12. The van der Waals surface area contributed by atoms with Crippen molar-refractivity contribution in [3.8, 4) is 0 Å². The summed E-state index contributed by atoms with van der Waals surface area (Å²) < 4.78 is 5.66. The molecule has 0 bridgehead atoms. The molecule has 19 heavy (non-hydrogen) atoms. The summed E-state index contributed by atoms with van der Waals surface area (Å²) in [4.78, 5) is 16.5. The van der Waals surface area contributed by atoms with Crippen molar-refractivity contribution in [2.75, 3.05) is 39.8 Å². The van der Waals surface area contributed by atoms with E-state index in [-0.39, 0.29) is 24.1 Å². The first-order chi connectivity index (χ1) is 8.95. The van der Waals surface area contributed by atoms with Gasteiger partial charge in [0, 0.05) is 31.7 Å². The zero-order valence-electron chi connectivity index (χ0n) is 13.0. The van der Waals surface area contributed by atoms with Gasteiger partial charge in [0.25, 0.3) is 0 Å². The molecule has 0 radical (unpaired) electrons. The molecule has 1 N–H and O–H groups in total. The van der Waals surface area contributed by atoms with E-state index >= 15 is 0 Å². The molecule has 1 atom stereocenters. The molecule has 0 aromatic rings. The van der Waals surface area contributed by atoms with E-state index in [0.29, 0.717) is 13.2 Å². The molecule has 0 aromatic heterocycles. The van der Waals surface area contributed by atoms with Gasteiger partial charge in [-0.05, 0) is 34.7 Å². The van der Waals surface area contributed by atoms with Crippen LogP contribution in [0.15, 0.2) is 0 Å². The minimum absolute atomic E-state index is 0.193. The molecular formula is C14H29N3O2. The molecule has 1 saturated heterocycles. The Kier molecular flexibility index (Phi) is 6.75. The largest absolute Gasteiger partial charge is 0.374 e. The molecule has 5 nitrogen and oxygen atoms in total. The maximum Gasteiger partial charge on any atom is 0.237 e. The summed E-state index contributed by atoms with van der Waals surface area (Å²) in [7, 11) is 1.92. The van der Waals surface area contributed by atoms with Crippen molar-refractivity contribution in [2.24, 2.45) is 0 Å². The Bertz CT molecular complexity index is 272. The third-order valence-corrected chi connectivity index (χ3v) is 3.41. The van der Waals surface area contributed by atoms with E-state index in [1.807, 2.05) is 11.9 Å². The minimum atomic E-state index is 0.193. The van der Waals surface area contributed by atoms with Gasteiger partial charge in [0.2, 0.25) is 5.91 Å². The van der Waals surface area contributed by atoms with E-state index in [2.05, 4.69) is 37.9 Å². The average molecular weight is 271 g/mol. The summed E-state index contributed by atoms with van der Waals surface area (Å²) in [6.45, 7) is 12.0. The lowest BCUT2D eigenvalue weighted by Crippen LogP contribution is -2.52. The van der Waals surface area contributed by atoms with Gasteiger partial charge in [-0.2, -0.15) is 0 Å². The number of amides is 1. The highest BCUT2D eigenvalue weighted by atomic mass is 16.5. The van der Waals surface area contributed by atoms with Crippen LogP contribution in [0.4, 0.5) is 0 Å². The minimum Gasteiger partial charge on any atom is -0.374 e. The Labute approximate surface area is 117 Å². The van der Waals surface area contributed by atoms with Gasteiger partial charge in [0.05, 0.1) is 19.3 Å². The number of carbonyl (C=O) groups excluding carboxylic acids is 1. The smallest absolute Gasteiger partial charge is 0.237 e. The second kappa shape index (κ2) is 7.82. The van der Waals surface area contributed by atoms with Crippen LogP contribution in [0.2, 0.25) is 0 Å². The second-order valence-corrected chi connectivity index (χ2v) is 5.77. The van der Waals surface area contributed by atoms with Gasteiger partial charge in [0.1, 0.15) is 0 Å². The Morgan fingerprint density at radius 3 is 2.53 bits per heavy atom. The van der Waals surface area contributed by atoms with Gasteiger partial charge in [-0.1, -0.05) is 0 Å². The van der Waals surface area contributed by atoms with Crippen molar-refractivity contribution in [3.63, 3.8) is 0 Å². The van der Waals surface area contributed by atoms with Crippen LogP contribution < -0.4 is 5.32 Å². The van der Waals surface area contributed by atoms with Crippen LogP contribution in [0.1, 0.15) is 27.7 Å². The molecule has 0 aliphatic carbocycles. The molecule has 1 fully saturated rings. The van der Waals surface area contributed by atoms with Gasteiger partial charge < -0.3 is 15.0 Å². The lowest BCUT2D eigenvalue weighted by atomic mass is 10.2. The summed E-state index contributed by atoms with van der Waals surface area (Å²) in [5.41, 5.74) is 0. The highest BCUT2D eigenvalue weighted by molar-refractivity contribution is 5.78. The fourth-order valence-electron chi connectivity index (χ4n) is 2.72. The lowest BCUT2D eigenvalue weighted by molar-refractivity contribution is -0.137. The topological polar surface area (TPSA) is 44.8 Å². The van der Waals surface area contributed by atoms with E-state index in [1.54, 1.807) is 0 Å².